The summed E-state index contributed by atoms with van der Waals surface area (Å²) in [4.78, 5) is 12.3. The lowest BCUT2D eigenvalue weighted by Crippen LogP contribution is -2.36. The molecule has 1 atom stereocenters. The molecule has 5 nitrogen and oxygen atoms in total. The van der Waals surface area contributed by atoms with Gasteiger partial charge in [0.1, 0.15) is 0 Å². The summed E-state index contributed by atoms with van der Waals surface area (Å²) in [5.74, 6) is 0.108. The summed E-state index contributed by atoms with van der Waals surface area (Å²) in [6.07, 6.45) is 1.11. The molecule has 0 saturated heterocycles. The van der Waals surface area contributed by atoms with Gasteiger partial charge >= 0.3 is 0 Å². The Bertz CT molecular complexity index is 924. The Hall–Kier alpha value is -1.76. The fourth-order valence-corrected chi connectivity index (χ4v) is 3.85. The van der Waals surface area contributed by atoms with Crippen LogP contribution in [0.5, 0.6) is 0 Å². The standard InChI is InChI=1S/C20H24Cl2N2O3S/c1-13(2)14(3)23-20(25)15-8-10-16(11-9-15)24(28(4,26)27)12-17-18(21)6-5-7-19(17)22/h5-11,13-14H,12H2,1-4H3,(H,23,25)/t14-/m0/s1. The number of nitrogens with one attached hydrogen (secondary N) is 1. The van der Waals surface area contributed by atoms with Gasteiger partial charge < -0.3 is 5.32 Å². The molecule has 0 radical (unpaired) electrons. The third-order valence-corrected chi connectivity index (χ3v) is 6.39. The molecule has 0 aliphatic carbocycles. The number of hydrogen-bond donors (Lipinski definition) is 1. The highest BCUT2D eigenvalue weighted by molar-refractivity contribution is 7.92. The lowest BCUT2D eigenvalue weighted by Gasteiger charge is -2.24. The van der Waals surface area contributed by atoms with E-state index >= 15 is 0 Å². The van der Waals surface area contributed by atoms with Crippen molar-refractivity contribution in [1.82, 2.24) is 5.32 Å². The second kappa shape index (κ2) is 9.16. The van der Waals surface area contributed by atoms with Gasteiger partial charge in [0.2, 0.25) is 10.0 Å². The number of carbonyl (C=O) groups is 1. The number of hydrogen-bond acceptors (Lipinski definition) is 3. The molecule has 0 spiro atoms. The van der Waals surface area contributed by atoms with Gasteiger partial charge in [-0.1, -0.05) is 43.1 Å². The lowest BCUT2D eigenvalue weighted by molar-refractivity contribution is 0.0930. The van der Waals surface area contributed by atoms with E-state index in [4.69, 9.17) is 23.2 Å². The topological polar surface area (TPSA) is 66.5 Å². The van der Waals surface area contributed by atoms with Gasteiger partial charge in [-0.05, 0) is 49.2 Å². The molecule has 2 aromatic rings. The zero-order chi connectivity index (χ0) is 21.1. The molecule has 0 bridgehead atoms. The summed E-state index contributed by atoms with van der Waals surface area (Å²) in [5.41, 5.74) is 1.40. The maximum atomic E-state index is 12.4. The van der Waals surface area contributed by atoms with Gasteiger partial charge in [-0.2, -0.15) is 0 Å². The van der Waals surface area contributed by atoms with E-state index in [1.807, 2.05) is 20.8 Å². The highest BCUT2D eigenvalue weighted by Crippen LogP contribution is 2.29. The molecule has 2 aromatic carbocycles. The molecule has 1 N–H and O–H groups in total. The Morgan fingerprint density at radius 2 is 1.57 bits per heavy atom. The van der Waals surface area contributed by atoms with Crippen molar-refractivity contribution in [2.24, 2.45) is 5.92 Å². The fourth-order valence-electron chi connectivity index (χ4n) is 2.46. The Morgan fingerprint density at radius 1 is 1.04 bits per heavy atom. The van der Waals surface area contributed by atoms with Gasteiger partial charge in [-0.3, -0.25) is 9.10 Å². The zero-order valence-corrected chi connectivity index (χ0v) is 18.6. The van der Waals surface area contributed by atoms with E-state index in [1.54, 1.807) is 42.5 Å². The molecule has 28 heavy (non-hydrogen) atoms. The van der Waals surface area contributed by atoms with Crippen molar-refractivity contribution < 1.29 is 13.2 Å². The van der Waals surface area contributed by atoms with Crippen LogP contribution >= 0.6 is 23.2 Å². The summed E-state index contributed by atoms with van der Waals surface area (Å²) in [7, 11) is -3.60. The maximum Gasteiger partial charge on any atom is 0.251 e. The number of carbonyl (C=O) groups excluding carboxylic acids is 1. The Balaban J connectivity index is 2.30. The molecule has 1 amide bonds. The van der Waals surface area contributed by atoms with Crippen molar-refractivity contribution >= 4 is 44.8 Å². The molecule has 0 heterocycles. The number of halogens is 2. The van der Waals surface area contributed by atoms with Gasteiger partial charge in [-0.25, -0.2) is 8.42 Å². The molecule has 2 rings (SSSR count). The SMILES string of the molecule is CC(C)[C@H](C)NC(=O)c1ccc(N(Cc2c(Cl)cccc2Cl)S(C)(=O)=O)cc1. The van der Waals surface area contributed by atoms with Gasteiger partial charge in [0.15, 0.2) is 0 Å². The number of nitrogens with zero attached hydrogens (tertiary/aromatic N) is 1. The van der Waals surface area contributed by atoms with Crippen molar-refractivity contribution in [3.8, 4) is 0 Å². The van der Waals surface area contributed by atoms with E-state index in [2.05, 4.69) is 5.32 Å². The van der Waals surface area contributed by atoms with E-state index in [0.29, 0.717) is 32.8 Å². The molecular weight excluding hydrogens is 419 g/mol. The van der Waals surface area contributed by atoms with Gasteiger partial charge in [0.05, 0.1) is 18.5 Å². The summed E-state index contributed by atoms with van der Waals surface area (Å²) >= 11 is 12.4. The summed E-state index contributed by atoms with van der Waals surface area (Å²) in [6.45, 7) is 5.98. The van der Waals surface area contributed by atoms with Crippen molar-refractivity contribution in [3.05, 3.63) is 63.6 Å². The largest absolute Gasteiger partial charge is 0.349 e. The average Bonchev–Trinajstić information content (AvgIpc) is 2.60. The molecule has 8 heteroatoms. The van der Waals surface area contributed by atoms with Crippen molar-refractivity contribution in [2.45, 2.75) is 33.4 Å². The number of amides is 1. The van der Waals surface area contributed by atoms with Crippen LogP contribution in [0.3, 0.4) is 0 Å². The summed E-state index contributed by atoms with van der Waals surface area (Å²) < 4.78 is 25.9. The minimum atomic E-state index is -3.60. The quantitative estimate of drug-likeness (QED) is 0.673. The number of benzene rings is 2. The Labute approximate surface area is 176 Å². The summed E-state index contributed by atoms with van der Waals surface area (Å²) in [5, 5.41) is 3.70. The van der Waals surface area contributed by atoms with Crippen LogP contribution in [0, 0.1) is 5.92 Å². The summed E-state index contributed by atoms with van der Waals surface area (Å²) in [6, 6.07) is 11.4. The first kappa shape index (κ1) is 22.5. The first-order valence-electron chi connectivity index (χ1n) is 8.82. The van der Waals surface area contributed by atoms with E-state index in [1.165, 1.54) is 4.31 Å². The van der Waals surface area contributed by atoms with E-state index in [0.717, 1.165) is 6.26 Å². The first-order chi connectivity index (χ1) is 13.0. The maximum absolute atomic E-state index is 12.4. The molecule has 0 fully saturated rings. The third-order valence-electron chi connectivity index (χ3n) is 4.54. The van der Waals surface area contributed by atoms with Crippen molar-refractivity contribution in [2.75, 3.05) is 10.6 Å². The van der Waals surface area contributed by atoms with Crippen LogP contribution in [-0.4, -0.2) is 26.6 Å². The fraction of sp³-hybridized carbons (Fsp3) is 0.350. The van der Waals surface area contributed by atoms with Crippen LogP contribution in [0.1, 0.15) is 36.7 Å². The average molecular weight is 443 g/mol. The van der Waals surface area contributed by atoms with E-state index < -0.39 is 10.0 Å². The van der Waals surface area contributed by atoms with Gasteiger partial charge in [0.25, 0.3) is 5.91 Å². The monoisotopic (exact) mass is 442 g/mol. The van der Waals surface area contributed by atoms with Crippen molar-refractivity contribution in [1.29, 1.82) is 0 Å². The molecule has 152 valence electrons. The van der Waals surface area contributed by atoms with Gasteiger partial charge in [-0.15, -0.1) is 0 Å². The molecule has 0 aliphatic rings. The predicted octanol–water partition coefficient (Wildman–Crippen LogP) is 4.73. The number of rotatable bonds is 7. The molecule has 0 aromatic heterocycles. The van der Waals surface area contributed by atoms with Crippen LogP contribution in [0.4, 0.5) is 5.69 Å². The highest BCUT2D eigenvalue weighted by Gasteiger charge is 2.21. The lowest BCUT2D eigenvalue weighted by atomic mass is 10.1. The molecule has 0 saturated carbocycles. The van der Waals surface area contributed by atoms with Crippen LogP contribution in [0.15, 0.2) is 42.5 Å². The van der Waals surface area contributed by atoms with Gasteiger partial charge in [0, 0.05) is 27.2 Å². The third kappa shape index (κ3) is 5.63. The van der Waals surface area contributed by atoms with Crippen LogP contribution in [0.25, 0.3) is 0 Å². The smallest absolute Gasteiger partial charge is 0.251 e. The van der Waals surface area contributed by atoms with Crippen molar-refractivity contribution in [3.63, 3.8) is 0 Å². The second-order valence-corrected chi connectivity index (χ2v) is 9.74. The zero-order valence-electron chi connectivity index (χ0n) is 16.2. The Morgan fingerprint density at radius 3 is 2.04 bits per heavy atom. The van der Waals surface area contributed by atoms with Crippen LogP contribution in [0.2, 0.25) is 10.0 Å². The minimum absolute atomic E-state index is 0.00668. The Kier molecular flexibility index (Phi) is 7.37. The molecular formula is C20H24Cl2N2O3S. The van der Waals surface area contributed by atoms with Crippen LogP contribution < -0.4 is 9.62 Å². The minimum Gasteiger partial charge on any atom is -0.349 e. The normalized spacial score (nSPS) is 12.7. The second-order valence-electron chi connectivity index (χ2n) is 7.02. The van der Waals surface area contributed by atoms with Crippen LogP contribution in [-0.2, 0) is 16.6 Å². The number of anilines is 1. The first-order valence-corrected chi connectivity index (χ1v) is 11.4. The molecule has 0 unspecified atom stereocenters. The van der Waals surface area contributed by atoms with E-state index in [-0.39, 0.29) is 18.5 Å². The van der Waals surface area contributed by atoms with E-state index in [9.17, 15) is 13.2 Å². The predicted molar refractivity (Wildman–Crippen MR) is 116 cm³/mol. The number of sulfonamides is 1. The highest BCUT2D eigenvalue weighted by atomic mass is 35.5. The molecule has 0 aliphatic heterocycles.